The van der Waals surface area contributed by atoms with Crippen LogP contribution in [0.5, 0.6) is 0 Å². The topological polar surface area (TPSA) is 73.8 Å². The molecule has 1 aromatic rings. The first-order chi connectivity index (χ1) is 10.5. The normalized spacial score (nSPS) is 12.5. The number of aliphatic imine (C=N–C) groups is 1. The van der Waals surface area contributed by atoms with Gasteiger partial charge >= 0.3 is 0 Å². The third kappa shape index (κ3) is 8.29. The van der Waals surface area contributed by atoms with Crippen LogP contribution in [-0.4, -0.2) is 51.7 Å². The number of hydrogen-bond donors (Lipinski definition) is 2. The maximum Gasteiger partial charge on any atom is 0.209 e. The van der Waals surface area contributed by atoms with Crippen molar-refractivity contribution in [1.29, 1.82) is 0 Å². The number of halogens is 1. The Kier molecular flexibility index (Phi) is 9.22. The van der Waals surface area contributed by atoms with Crippen molar-refractivity contribution in [3.8, 4) is 0 Å². The van der Waals surface area contributed by atoms with E-state index in [4.69, 9.17) is 0 Å². The van der Waals surface area contributed by atoms with Crippen LogP contribution in [0.1, 0.15) is 25.0 Å². The molecule has 1 rings (SSSR count). The standard InChI is InChI=1S/C16H28N4O2S.HI/c1-13-9-7-8-10-14(13)11-20(5)15(17-4)18-12-16(2,3)19-23(6,21)22;/h7-10,19H,11-12H2,1-6H3,(H,17,18);1H. The summed E-state index contributed by atoms with van der Waals surface area (Å²) in [6.07, 6.45) is 1.16. The molecule has 0 unspecified atom stereocenters. The first kappa shape index (κ1) is 23.1. The summed E-state index contributed by atoms with van der Waals surface area (Å²) >= 11 is 0. The number of guanidine groups is 1. The summed E-state index contributed by atoms with van der Waals surface area (Å²) in [4.78, 5) is 6.28. The predicted molar refractivity (Wildman–Crippen MR) is 111 cm³/mol. The van der Waals surface area contributed by atoms with Crippen LogP contribution in [0.15, 0.2) is 29.3 Å². The molecule has 0 saturated heterocycles. The van der Waals surface area contributed by atoms with E-state index in [1.54, 1.807) is 7.05 Å². The van der Waals surface area contributed by atoms with Gasteiger partial charge in [-0.15, -0.1) is 24.0 Å². The number of aryl methyl sites for hydroxylation is 1. The van der Waals surface area contributed by atoms with Crippen LogP contribution in [0.2, 0.25) is 0 Å². The van der Waals surface area contributed by atoms with E-state index in [-0.39, 0.29) is 24.0 Å². The van der Waals surface area contributed by atoms with Gasteiger partial charge in [0, 0.05) is 32.7 Å². The predicted octanol–water partition coefficient (Wildman–Crippen LogP) is 1.95. The molecule has 0 aliphatic carbocycles. The summed E-state index contributed by atoms with van der Waals surface area (Å²) in [6, 6.07) is 8.21. The molecule has 138 valence electrons. The molecule has 0 radical (unpaired) electrons. The highest BCUT2D eigenvalue weighted by molar-refractivity contribution is 14.0. The van der Waals surface area contributed by atoms with Gasteiger partial charge in [-0.1, -0.05) is 24.3 Å². The smallest absolute Gasteiger partial charge is 0.209 e. The van der Waals surface area contributed by atoms with Crippen LogP contribution in [0.3, 0.4) is 0 Å². The average molecular weight is 468 g/mol. The largest absolute Gasteiger partial charge is 0.354 e. The van der Waals surface area contributed by atoms with Crippen molar-refractivity contribution in [2.24, 2.45) is 4.99 Å². The minimum Gasteiger partial charge on any atom is -0.354 e. The minimum atomic E-state index is -3.25. The molecule has 6 nitrogen and oxygen atoms in total. The molecule has 0 bridgehead atoms. The molecular weight excluding hydrogens is 439 g/mol. The van der Waals surface area contributed by atoms with Crippen LogP contribution < -0.4 is 10.0 Å². The lowest BCUT2D eigenvalue weighted by Crippen LogP contribution is -2.53. The lowest BCUT2D eigenvalue weighted by atomic mass is 10.1. The summed E-state index contributed by atoms with van der Waals surface area (Å²) in [5.41, 5.74) is 1.85. The molecular formula is C16H29IN4O2S. The third-order valence-electron chi connectivity index (χ3n) is 3.39. The first-order valence-electron chi connectivity index (χ1n) is 7.49. The Morgan fingerprint density at radius 2 is 1.88 bits per heavy atom. The van der Waals surface area contributed by atoms with Crippen molar-refractivity contribution in [3.63, 3.8) is 0 Å². The molecule has 2 N–H and O–H groups in total. The van der Waals surface area contributed by atoms with E-state index in [0.29, 0.717) is 6.54 Å². The van der Waals surface area contributed by atoms with E-state index in [0.717, 1.165) is 18.8 Å². The molecule has 1 aromatic carbocycles. The van der Waals surface area contributed by atoms with Gasteiger partial charge in [-0.05, 0) is 31.9 Å². The Morgan fingerprint density at radius 3 is 2.38 bits per heavy atom. The van der Waals surface area contributed by atoms with Gasteiger partial charge in [0.1, 0.15) is 0 Å². The van der Waals surface area contributed by atoms with E-state index in [1.807, 2.05) is 37.9 Å². The SMILES string of the molecule is CN=C(NCC(C)(C)NS(C)(=O)=O)N(C)Cc1ccccc1C.I. The van der Waals surface area contributed by atoms with Crippen LogP contribution in [0.4, 0.5) is 0 Å². The van der Waals surface area contributed by atoms with Crippen LogP contribution in [-0.2, 0) is 16.6 Å². The third-order valence-corrected chi connectivity index (χ3v) is 4.32. The second-order valence-electron chi connectivity index (χ2n) is 6.44. The molecule has 8 heteroatoms. The maximum atomic E-state index is 11.4. The van der Waals surface area contributed by atoms with Gasteiger partial charge in [0.05, 0.1) is 6.26 Å². The number of nitrogens with one attached hydrogen (secondary N) is 2. The maximum absolute atomic E-state index is 11.4. The number of benzene rings is 1. The fourth-order valence-electron chi connectivity index (χ4n) is 2.34. The first-order valence-corrected chi connectivity index (χ1v) is 9.38. The zero-order valence-corrected chi connectivity index (χ0v) is 18.4. The summed E-state index contributed by atoms with van der Waals surface area (Å²) in [6.45, 7) is 6.90. The van der Waals surface area contributed by atoms with Crippen molar-refractivity contribution in [3.05, 3.63) is 35.4 Å². The Bertz CT molecular complexity index is 660. The zero-order valence-electron chi connectivity index (χ0n) is 15.3. The number of nitrogens with zero attached hydrogens (tertiary/aromatic N) is 2. The highest BCUT2D eigenvalue weighted by atomic mass is 127. The Hall–Kier alpha value is -0.870. The number of hydrogen-bond acceptors (Lipinski definition) is 3. The molecule has 0 aliphatic rings. The van der Waals surface area contributed by atoms with Gasteiger partial charge < -0.3 is 10.2 Å². The lowest BCUT2D eigenvalue weighted by Gasteiger charge is -2.29. The molecule has 0 aliphatic heterocycles. The van der Waals surface area contributed by atoms with Crippen molar-refractivity contribution >= 4 is 40.0 Å². The van der Waals surface area contributed by atoms with E-state index in [9.17, 15) is 8.42 Å². The number of sulfonamides is 1. The van der Waals surface area contributed by atoms with E-state index >= 15 is 0 Å². The van der Waals surface area contributed by atoms with Crippen molar-refractivity contribution in [2.75, 3.05) is 26.9 Å². The summed E-state index contributed by atoms with van der Waals surface area (Å²) in [7, 11) is 0.419. The summed E-state index contributed by atoms with van der Waals surface area (Å²) in [5, 5.41) is 3.22. The summed E-state index contributed by atoms with van der Waals surface area (Å²) in [5.74, 6) is 0.719. The Morgan fingerprint density at radius 1 is 1.29 bits per heavy atom. The Labute approximate surface area is 163 Å². The van der Waals surface area contributed by atoms with Crippen LogP contribution >= 0.6 is 24.0 Å². The van der Waals surface area contributed by atoms with Crippen molar-refractivity contribution in [2.45, 2.75) is 32.9 Å². The molecule has 0 heterocycles. The molecule has 0 amide bonds. The quantitative estimate of drug-likeness (QED) is 0.380. The number of rotatable bonds is 6. The van der Waals surface area contributed by atoms with Crippen molar-refractivity contribution in [1.82, 2.24) is 14.9 Å². The highest BCUT2D eigenvalue weighted by Crippen LogP contribution is 2.10. The monoisotopic (exact) mass is 468 g/mol. The lowest BCUT2D eigenvalue weighted by molar-refractivity contribution is 0.422. The second kappa shape index (κ2) is 9.57. The Balaban J connectivity index is 0.00000529. The van der Waals surface area contributed by atoms with Gasteiger partial charge in [-0.3, -0.25) is 4.99 Å². The molecule has 0 saturated carbocycles. The second-order valence-corrected chi connectivity index (χ2v) is 8.19. The molecule has 24 heavy (non-hydrogen) atoms. The zero-order chi connectivity index (χ0) is 17.7. The average Bonchev–Trinajstić information content (AvgIpc) is 2.39. The van der Waals surface area contributed by atoms with Gasteiger partial charge in [0.2, 0.25) is 10.0 Å². The van der Waals surface area contributed by atoms with E-state index in [2.05, 4.69) is 34.1 Å². The minimum absolute atomic E-state index is 0. The van der Waals surface area contributed by atoms with Gasteiger partial charge in [0.25, 0.3) is 0 Å². The van der Waals surface area contributed by atoms with Crippen LogP contribution in [0, 0.1) is 6.92 Å². The molecule has 0 fully saturated rings. The molecule has 0 atom stereocenters. The van der Waals surface area contributed by atoms with Gasteiger partial charge in [-0.25, -0.2) is 13.1 Å². The van der Waals surface area contributed by atoms with Crippen molar-refractivity contribution < 1.29 is 8.42 Å². The fraction of sp³-hybridized carbons (Fsp3) is 0.562. The van der Waals surface area contributed by atoms with E-state index in [1.165, 1.54) is 11.1 Å². The molecule has 0 spiro atoms. The van der Waals surface area contributed by atoms with Crippen LogP contribution in [0.25, 0.3) is 0 Å². The van der Waals surface area contributed by atoms with Gasteiger partial charge in [-0.2, -0.15) is 0 Å². The van der Waals surface area contributed by atoms with E-state index < -0.39 is 15.6 Å². The highest BCUT2D eigenvalue weighted by Gasteiger charge is 2.23. The van der Waals surface area contributed by atoms with Gasteiger partial charge in [0.15, 0.2) is 5.96 Å². The fourth-order valence-corrected chi connectivity index (χ4v) is 3.42. The molecule has 0 aromatic heterocycles. The summed E-state index contributed by atoms with van der Waals surface area (Å²) < 4.78 is 25.4.